The summed E-state index contributed by atoms with van der Waals surface area (Å²) in [4.78, 5) is 4.36. The van der Waals surface area contributed by atoms with Crippen LogP contribution in [0.15, 0.2) is 30.3 Å². The molecule has 1 aliphatic rings. The molecule has 2 aromatic rings. The Morgan fingerprint density at radius 2 is 1.90 bits per heavy atom. The maximum Gasteiger partial charge on any atom is 0.219 e. The van der Waals surface area contributed by atoms with Gasteiger partial charge >= 0.3 is 0 Å². The summed E-state index contributed by atoms with van der Waals surface area (Å²) in [5, 5.41) is 9.23. The average molecular weight is 269 g/mol. The van der Waals surface area contributed by atoms with Crippen molar-refractivity contribution in [3.05, 3.63) is 52.7 Å². The third-order valence-corrected chi connectivity index (χ3v) is 3.71. The van der Waals surface area contributed by atoms with Gasteiger partial charge in [-0.3, -0.25) is 0 Å². The molecule has 1 heterocycles. The topological polar surface area (TPSA) is 42.4 Å². The van der Waals surface area contributed by atoms with Gasteiger partial charge in [-0.05, 0) is 67.5 Å². The van der Waals surface area contributed by atoms with Crippen molar-refractivity contribution in [1.29, 1.82) is 0 Å². The number of rotatable bonds is 3. The van der Waals surface area contributed by atoms with E-state index >= 15 is 0 Å². The molecule has 1 aliphatic carbocycles. The molecule has 3 rings (SSSR count). The van der Waals surface area contributed by atoms with Crippen LogP contribution in [0.3, 0.4) is 0 Å². The molecule has 0 unspecified atom stereocenters. The number of aryl methyl sites for hydroxylation is 3. The van der Waals surface area contributed by atoms with Crippen molar-refractivity contribution in [2.45, 2.75) is 39.2 Å². The van der Waals surface area contributed by atoms with Crippen molar-refractivity contribution in [3.8, 4) is 11.6 Å². The zero-order valence-corrected chi connectivity index (χ0v) is 11.7. The molecule has 0 fully saturated rings. The predicted molar refractivity (Wildman–Crippen MR) is 78.1 cm³/mol. The fourth-order valence-corrected chi connectivity index (χ4v) is 2.74. The summed E-state index contributed by atoms with van der Waals surface area (Å²) >= 11 is 0. The number of benzene rings is 1. The fourth-order valence-electron chi connectivity index (χ4n) is 2.74. The summed E-state index contributed by atoms with van der Waals surface area (Å²) in [6, 6.07) is 9.93. The Morgan fingerprint density at radius 3 is 2.70 bits per heavy atom. The monoisotopic (exact) mass is 269 g/mol. The molecule has 0 aliphatic heterocycles. The van der Waals surface area contributed by atoms with E-state index < -0.39 is 0 Å². The van der Waals surface area contributed by atoms with Crippen LogP contribution in [0, 0.1) is 6.92 Å². The van der Waals surface area contributed by atoms with Crippen LogP contribution < -0.4 is 4.74 Å². The Hall–Kier alpha value is -1.87. The van der Waals surface area contributed by atoms with Crippen molar-refractivity contribution in [2.24, 2.45) is 0 Å². The second-order valence-electron chi connectivity index (χ2n) is 5.35. The lowest BCUT2D eigenvalue weighted by Crippen LogP contribution is -2.02. The van der Waals surface area contributed by atoms with Gasteiger partial charge in [0, 0.05) is 11.8 Å². The lowest BCUT2D eigenvalue weighted by atomic mass is 9.92. The molecule has 0 radical (unpaired) electrons. The second kappa shape index (κ2) is 5.63. The zero-order chi connectivity index (χ0) is 13.9. The highest BCUT2D eigenvalue weighted by Gasteiger charge is 2.10. The van der Waals surface area contributed by atoms with E-state index in [2.05, 4.69) is 17.1 Å². The van der Waals surface area contributed by atoms with Crippen LogP contribution in [-0.4, -0.2) is 10.1 Å². The minimum Gasteiger partial charge on any atom is -0.439 e. The van der Waals surface area contributed by atoms with Crippen LogP contribution in [0.2, 0.25) is 0 Å². The molecule has 1 aromatic heterocycles. The van der Waals surface area contributed by atoms with Crippen LogP contribution in [0.1, 0.15) is 35.2 Å². The van der Waals surface area contributed by atoms with Gasteiger partial charge in [0.15, 0.2) is 0 Å². The van der Waals surface area contributed by atoms with E-state index in [9.17, 15) is 5.11 Å². The molecule has 1 N–H and O–H groups in total. The Morgan fingerprint density at radius 1 is 1.10 bits per heavy atom. The molecule has 20 heavy (non-hydrogen) atoms. The van der Waals surface area contributed by atoms with Crippen LogP contribution >= 0.6 is 0 Å². The molecule has 0 saturated carbocycles. The first-order valence-corrected chi connectivity index (χ1v) is 7.13. The normalized spacial score (nSPS) is 13.9. The van der Waals surface area contributed by atoms with Gasteiger partial charge in [-0.25, -0.2) is 4.98 Å². The van der Waals surface area contributed by atoms with E-state index in [1.165, 1.54) is 30.4 Å². The number of aliphatic hydroxyl groups excluding tert-OH is 1. The van der Waals surface area contributed by atoms with Gasteiger partial charge in [0.25, 0.3) is 0 Å². The average Bonchev–Trinajstić information content (AvgIpc) is 2.46. The van der Waals surface area contributed by atoms with Crippen molar-refractivity contribution in [3.63, 3.8) is 0 Å². The highest BCUT2D eigenvalue weighted by molar-refractivity contribution is 5.39. The number of ether oxygens (including phenoxy) is 1. The minimum atomic E-state index is 0.00388. The Bertz CT molecular complexity index is 622. The van der Waals surface area contributed by atoms with Gasteiger partial charge in [-0.1, -0.05) is 6.07 Å². The zero-order valence-electron chi connectivity index (χ0n) is 11.7. The second-order valence-corrected chi connectivity index (χ2v) is 5.35. The largest absolute Gasteiger partial charge is 0.439 e. The van der Waals surface area contributed by atoms with E-state index in [1.54, 1.807) is 6.07 Å². The first-order chi connectivity index (χ1) is 9.74. The predicted octanol–water partition coefficient (Wildman–Crippen LogP) is 3.55. The van der Waals surface area contributed by atoms with E-state index in [4.69, 9.17) is 4.74 Å². The number of aliphatic hydroxyl groups is 1. The van der Waals surface area contributed by atoms with Gasteiger partial charge in [-0.15, -0.1) is 0 Å². The van der Waals surface area contributed by atoms with Gasteiger partial charge in [0.2, 0.25) is 5.88 Å². The molecule has 0 saturated heterocycles. The van der Waals surface area contributed by atoms with Crippen molar-refractivity contribution in [1.82, 2.24) is 4.98 Å². The maximum atomic E-state index is 9.23. The van der Waals surface area contributed by atoms with Crippen molar-refractivity contribution >= 4 is 0 Å². The molecule has 0 amide bonds. The summed E-state index contributed by atoms with van der Waals surface area (Å²) in [6.45, 7) is 1.91. The molecule has 3 heteroatoms. The third-order valence-electron chi connectivity index (χ3n) is 3.71. The molecular formula is C17H19NO2. The standard InChI is InChI=1S/C17H19NO2/c1-12-8-13(11-19)9-17(18-12)20-16-7-6-14-4-2-3-5-15(14)10-16/h6-10,19H,2-5,11H2,1H3. The van der Waals surface area contributed by atoms with Gasteiger partial charge in [0.1, 0.15) is 5.75 Å². The molecule has 104 valence electrons. The highest BCUT2D eigenvalue weighted by atomic mass is 16.5. The van der Waals surface area contributed by atoms with E-state index in [0.29, 0.717) is 5.88 Å². The first kappa shape index (κ1) is 13.1. The van der Waals surface area contributed by atoms with Crippen LogP contribution in [0.25, 0.3) is 0 Å². The maximum absolute atomic E-state index is 9.23. The molecule has 0 spiro atoms. The summed E-state index contributed by atoms with van der Waals surface area (Å²) in [7, 11) is 0. The Labute approximate surface area is 119 Å². The Kier molecular flexibility index (Phi) is 3.70. The lowest BCUT2D eigenvalue weighted by Gasteiger charge is -2.16. The van der Waals surface area contributed by atoms with E-state index in [1.807, 2.05) is 19.1 Å². The highest BCUT2D eigenvalue weighted by Crippen LogP contribution is 2.28. The molecule has 1 aromatic carbocycles. The fraction of sp³-hybridized carbons (Fsp3) is 0.353. The third kappa shape index (κ3) is 2.83. The number of fused-ring (bicyclic) bond motifs is 1. The molecular weight excluding hydrogens is 250 g/mol. The quantitative estimate of drug-likeness (QED) is 0.926. The summed E-state index contributed by atoms with van der Waals surface area (Å²) in [5.41, 5.74) is 4.51. The van der Waals surface area contributed by atoms with E-state index in [0.717, 1.165) is 23.4 Å². The smallest absolute Gasteiger partial charge is 0.219 e. The number of pyridine rings is 1. The van der Waals surface area contributed by atoms with E-state index in [-0.39, 0.29) is 6.61 Å². The van der Waals surface area contributed by atoms with Crippen molar-refractivity contribution in [2.75, 3.05) is 0 Å². The molecule has 0 atom stereocenters. The summed E-state index contributed by atoms with van der Waals surface area (Å²) in [6.07, 6.45) is 4.85. The summed E-state index contributed by atoms with van der Waals surface area (Å²) in [5.74, 6) is 1.37. The first-order valence-electron chi connectivity index (χ1n) is 7.13. The van der Waals surface area contributed by atoms with Crippen LogP contribution in [0.5, 0.6) is 11.6 Å². The molecule has 3 nitrogen and oxygen atoms in total. The van der Waals surface area contributed by atoms with Crippen LogP contribution in [-0.2, 0) is 19.4 Å². The SMILES string of the molecule is Cc1cc(CO)cc(Oc2ccc3c(c2)CCCC3)n1. The number of hydrogen-bond acceptors (Lipinski definition) is 3. The van der Waals surface area contributed by atoms with Crippen molar-refractivity contribution < 1.29 is 9.84 Å². The van der Waals surface area contributed by atoms with Gasteiger partial charge in [0.05, 0.1) is 6.61 Å². The lowest BCUT2D eigenvalue weighted by molar-refractivity contribution is 0.281. The summed E-state index contributed by atoms with van der Waals surface area (Å²) < 4.78 is 5.85. The minimum absolute atomic E-state index is 0.00388. The number of hydrogen-bond donors (Lipinski definition) is 1. The number of aromatic nitrogens is 1. The molecule has 0 bridgehead atoms. The van der Waals surface area contributed by atoms with Crippen LogP contribution in [0.4, 0.5) is 0 Å². The van der Waals surface area contributed by atoms with Gasteiger partial charge < -0.3 is 9.84 Å². The van der Waals surface area contributed by atoms with Gasteiger partial charge in [-0.2, -0.15) is 0 Å². The Balaban J connectivity index is 1.85. The number of nitrogens with zero attached hydrogens (tertiary/aromatic N) is 1.